The van der Waals surface area contributed by atoms with E-state index in [1.54, 1.807) is 0 Å². The standard InChI is InChI=1S/C13H23N3O3/c1-8(2)4-13(5-10(14)17)9(3)6-16(12(13)19)7-11(15)18/h8-9H,4-7H2,1-3H3,(H2,14,17)(H2,15,18). The predicted octanol–water partition coefficient (Wildman–Crippen LogP) is -0.142. The molecule has 19 heavy (non-hydrogen) atoms. The minimum absolute atomic E-state index is 0.0192. The first kappa shape index (κ1) is 15.5. The van der Waals surface area contributed by atoms with E-state index in [0.717, 1.165) is 0 Å². The molecule has 0 aliphatic carbocycles. The third kappa shape index (κ3) is 3.24. The van der Waals surface area contributed by atoms with Crippen LogP contribution >= 0.6 is 0 Å². The minimum Gasteiger partial charge on any atom is -0.370 e. The van der Waals surface area contributed by atoms with Gasteiger partial charge in [0.15, 0.2) is 0 Å². The fourth-order valence-electron chi connectivity index (χ4n) is 3.09. The number of nitrogens with zero attached hydrogens (tertiary/aromatic N) is 1. The van der Waals surface area contributed by atoms with Crippen LogP contribution in [0.4, 0.5) is 0 Å². The van der Waals surface area contributed by atoms with Gasteiger partial charge in [-0.3, -0.25) is 14.4 Å². The number of hydrogen-bond donors (Lipinski definition) is 2. The van der Waals surface area contributed by atoms with Gasteiger partial charge >= 0.3 is 0 Å². The van der Waals surface area contributed by atoms with E-state index in [9.17, 15) is 14.4 Å². The van der Waals surface area contributed by atoms with Crippen molar-refractivity contribution in [3.05, 3.63) is 0 Å². The smallest absolute Gasteiger partial charge is 0.237 e. The first-order chi connectivity index (χ1) is 8.69. The largest absolute Gasteiger partial charge is 0.370 e. The van der Waals surface area contributed by atoms with Crippen molar-refractivity contribution in [3.8, 4) is 0 Å². The number of amides is 3. The lowest BCUT2D eigenvalue weighted by Gasteiger charge is -2.31. The molecule has 4 N–H and O–H groups in total. The van der Waals surface area contributed by atoms with Crippen LogP contribution in [0.25, 0.3) is 0 Å². The van der Waals surface area contributed by atoms with Gasteiger partial charge in [-0.05, 0) is 18.3 Å². The molecule has 6 heteroatoms. The van der Waals surface area contributed by atoms with Crippen molar-refractivity contribution in [2.45, 2.75) is 33.6 Å². The molecule has 0 saturated carbocycles. The van der Waals surface area contributed by atoms with E-state index in [4.69, 9.17) is 11.5 Å². The van der Waals surface area contributed by atoms with Crippen molar-refractivity contribution in [1.29, 1.82) is 0 Å². The van der Waals surface area contributed by atoms with Crippen molar-refractivity contribution < 1.29 is 14.4 Å². The average Bonchev–Trinajstić information content (AvgIpc) is 2.41. The molecule has 0 radical (unpaired) electrons. The number of hydrogen-bond acceptors (Lipinski definition) is 3. The second kappa shape index (κ2) is 5.59. The van der Waals surface area contributed by atoms with Gasteiger partial charge in [0.1, 0.15) is 0 Å². The maximum Gasteiger partial charge on any atom is 0.237 e. The molecule has 1 aliphatic rings. The zero-order chi connectivity index (χ0) is 14.8. The first-order valence-corrected chi connectivity index (χ1v) is 6.55. The normalized spacial score (nSPS) is 27.1. The van der Waals surface area contributed by atoms with Gasteiger partial charge in [0, 0.05) is 13.0 Å². The van der Waals surface area contributed by atoms with Crippen LogP contribution in [0.1, 0.15) is 33.6 Å². The minimum atomic E-state index is -0.782. The summed E-state index contributed by atoms with van der Waals surface area (Å²) >= 11 is 0. The second-order valence-corrected chi connectivity index (χ2v) is 5.95. The SMILES string of the molecule is CC(C)CC1(CC(N)=O)C(=O)N(CC(N)=O)CC1C. The molecule has 0 aromatic heterocycles. The fraction of sp³-hybridized carbons (Fsp3) is 0.769. The van der Waals surface area contributed by atoms with Gasteiger partial charge in [-0.1, -0.05) is 20.8 Å². The Morgan fingerprint density at radius 3 is 2.37 bits per heavy atom. The van der Waals surface area contributed by atoms with E-state index in [1.165, 1.54) is 4.90 Å². The van der Waals surface area contributed by atoms with Crippen LogP contribution in [-0.4, -0.2) is 35.7 Å². The molecule has 1 fully saturated rings. The molecular formula is C13H23N3O3. The van der Waals surface area contributed by atoms with Crippen molar-refractivity contribution >= 4 is 17.7 Å². The summed E-state index contributed by atoms with van der Waals surface area (Å²) in [5, 5.41) is 0. The molecule has 0 bridgehead atoms. The Labute approximate surface area is 113 Å². The number of primary amides is 2. The quantitative estimate of drug-likeness (QED) is 0.700. The van der Waals surface area contributed by atoms with Crippen LogP contribution in [0.15, 0.2) is 0 Å². The predicted molar refractivity (Wildman–Crippen MR) is 70.6 cm³/mol. The monoisotopic (exact) mass is 269 g/mol. The zero-order valence-electron chi connectivity index (χ0n) is 11.8. The van der Waals surface area contributed by atoms with Crippen LogP contribution < -0.4 is 11.5 Å². The van der Waals surface area contributed by atoms with E-state index >= 15 is 0 Å². The maximum atomic E-state index is 12.6. The van der Waals surface area contributed by atoms with Crippen molar-refractivity contribution in [2.24, 2.45) is 28.7 Å². The molecule has 0 aromatic carbocycles. The molecule has 3 amide bonds. The van der Waals surface area contributed by atoms with Gasteiger partial charge in [0.2, 0.25) is 17.7 Å². The molecule has 1 aliphatic heterocycles. The average molecular weight is 269 g/mol. The first-order valence-electron chi connectivity index (χ1n) is 6.55. The highest BCUT2D eigenvalue weighted by atomic mass is 16.2. The number of rotatable bonds is 6. The molecule has 1 heterocycles. The van der Waals surface area contributed by atoms with Crippen LogP contribution in [-0.2, 0) is 14.4 Å². The topological polar surface area (TPSA) is 106 Å². The zero-order valence-corrected chi connectivity index (χ0v) is 11.8. The highest BCUT2D eigenvalue weighted by Crippen LogP contribution is 2.44. The Kier molecular flexibility index (Phi) is 4.55. The Hall–Kier alpha value is -1.59. The van der Waals surface area contributed by atoms with Crippen molar-refractivity contribution in [2.75, 3.05) is 13.1 Å². The highest BCUT2D eigenvalue weighted by molar-refractivity contribution is 5.92. The summed E-state index contributed by atoms with van der Waals surface area (Å²) in [6.07, 6.45) is 0.617. The van der Waals surface area contributed by atoms with Crippen LogP contribution in [0, 0.1) is 17.3 Å². The van der Waals surface area contributed by atoms with Gasteiger partial charge in [0.25, 0.3) is 0 Å². The van der Waals surface area contributed by atoms with E-state index in [0.29, 0.717) is 13.0 Å². The molecule has 2 atom stereocenters. The van der Waals surface area contributed by atoms with Crippen molar-refractivity contribution in [3.63, 3.8) is 0 Å². The summed E-state index contributed by atoms with van der Waals surface area (Å²) < 4.78 is 0. The van der Waals surface area contributed by atoms with Gasteiger partial charge in [0.05, 0.1) is 12.0 Å². The van der Waals surface area contributed by atoms with Crippen molar-refractivity contribution in [1.82, 2.24) is 4.90 Å². The van der Waals surface area contributed by atoms with E-state index in [2.05, 4.69) is 0 Å². The maximum absolute atomic E-state index is 12.6. The Balaban J connectivity index is 3.04. The number of nitrogens with two attached hydrogens (primary N) is 2. The number of likely N-dealkylation sites (tertiary alicyclic amines) is 1. The van der Waals surface area contributed by atoms with E-state index < -0.39 is 17.2 Å². The molecule has 1 saturated heterocycles. The summed E-state index contributed by atoms with van der Waals surface area (Å²) in [5.74, 6) is -0.957. The van der Waals surface area contributed by atoms with Gasteiger partial charge in [-0.25, -0.2) is 0 Å². The third-order valence-corrected chi connectivity index (χ3v) is 3.76. The van der Waals surface area contributed by atoms with Crippen LogP contribution in [0.3, 0.4) is 0 Å². The van der Waals surface area contributed by atoms with Gasteiger partial charge < -0.3 is 16.4 Å². The van der Waals surface area contributed by atoms with Crippen LogP contribution in [0.2, 0.25) is 0 Å². The van der Waals surface area contributed by atoms with Gasteiger partial charge in [-0.15, -0.1) is 0 Å². The summed E-state index contributed by atoms with van der Waals surface area (Å²) in [6.45, 7) is 6.27. The Morgan fingerprint density at radius 2 is 1.95 bits per heavy atom. The molecule has 2 unspecified atom stereocenters. The Morgan fingerprint density at radius 1 is 1.37 bits per heavy atom. The number of carbonyl (C=O) groups excluding carboxylic acids is 3. The molecular weight excluding hydrogens is 246 g/mol. The van der Waals surface area contributed by atoms with E-state index in [1.807, 2.05) is 20.8 Å². The molecule has 6 nitrogen and oxygen atoms in total. The lowest BCUT2D eigenvalue weighted by atomic mass is 9.70. The summed E-state index contributed by atoms with van der Waals surface area (Å²) in [6, 6.07) is 0. The fourth-order valence-corrected chi connectivity index (χ4v) is 3.09. The molecule has 1 rings (SSSR count). The second-order valence-electron chi connectivity index (χ2n) is 5.95. The molecule has 0 spiro atoms. The lowest BCUT2D eigenvalue weighted by molar-refractivity contribution is -0.142. The van der Waals surface area contributed by atoms with Crippen LogP contribution in [0.5, 0.6) is 0 Å². The summed E-state index contributed by atoms with van der Waals surface area (Å²) in [7, 11) is 0. The lowest BCUT2D eigenvalue weighted by Crippen LogP contribution is -2.42. The van der Waals surface area contributed by atoms with Gasteiger partial charge in [-0.2, -0.15) is 0 Å². The summed E-state index contributed by atoms with van der Waals surface area (Å²) in [4.78, 5) is 36.3. The molecule has 0 aromatic rings. The van der Waals surface area contributed by atoms with E-state index in [-0.39, 0.29) is 30.7 Å². The number of carbonyl (C=O) groups is 3. The highest BCUT2D eigenvalue weighted by Gasteiger charge is 2.52. The molecule has 108 valence electrons. The Bertz CT molecular complexity index is 395. The third-order valence-electron chi connectivity index (χ3n) is 3.76. The summed E-state index contributed by atoms with van der Waals surface area (Å²) in [5.41, 5.74) is 9.67.